The Morgan fingerprint density at radius 2 is 2.16 bits per heavy atom. The van der Waals surface area contributed by atoms with Crippen LogP contribution in [0.2, 0.25) is 5.02 Å². The maximum absolute atomic E-state index is 10.9. The van der Waals surface area contributed by atoms with E-state index in [-0.39, 0.29) is 23.7 Å². The van der Waals surface area contributed by atoms with E-state index < -0.39 is 17.1 Å². The smallest absolute Gasteiger partial charge is 0.274 e. The molecule has 0 aliphatic rings. The van der Waals surface area contributed by atoms with Crippen LogP contribution in [0.15, 0.2) is 18.2 Å². The van der Waals surface area contributed by atoms with Gasteiger partial charge in [0.2, 0.25) is 0 Å². The molecule has 0 spiro atoms. The maximum Gasteiger partial charge on any atom is 0.274 e. The Balaban J connectivity index is 0.00000324. The highest BCUT2D eigenvalue weighted by Crippen LogP contribution is 2.29. The van der Waals surface area contributed by atoms with E-state index in [0.717, 1.165) is 12.8 Å². The Labute approximate surface area is 123 Å². The Kier molecular flexibility index (Phi) is 7.94. The van der Waals surface area contributed by atoms with Gasteiger partial charge in [0.15, 0.2) is 0 Å². The summed E-state index contributed by atoms with van der Waals surface area (Å²) in [6, 6.07) is 3.40. The minimum atomic E-state index is -0.804. The van der Waals surface area contributed by atoms with Crippen molar-refractivity contribution in [1.82, 2.24) is 0 Å². The first-order valence-corrected chi connectivity index (χ1v) is 6.22. The summed E-state index contributed by atoms with van der Waals surface area (Å²) in [7, 11) is 0. The second kappa shape index (κ2) is 8.32. The van der Waals surface area contributed by atoms with Gasteiger partial charge in [0.1, 0.15) is 0 Å². The summed E-state index contributed by atoms with van der Waals surface area (Å²) in [5.41, 5.74) is 6.04. The number of rotatable bonds is 6. The summed E-state index contributed by atoms with van der Waals surface area (Å²) >= 11 is 5.81. The van der Waals surface area contributed by atoms with Gasteiger partial charge >= 0.3 is 0 Å². The third kappa shape index (κ3) is 4.95. The number of hydrogen-bond acceptors (Lipinski definition) is 4. The molecule has 0 radical (unpaired) electrons. The standard InChI is InChI=1S/C12H17ClN2O3.ClH/c1-2-3-4-11(16)12(14)9-7-8(13)5-6-10(9)15(17)18;/h5-7,11-12,16H,2-4,14H2,1H3;1H/t11-,12+;/m1./s1. The van der Waals surface area contributed by atoms with Crippen molar-refractivity contribution >= 4 is 29.7 Å². The average Bonchev–Trinajstić information content (AvgIpc) is 2.34. The van der Waals surface area contributed by atoms with Gasteiger partial charge in [-0.3, -0.25) is 10.1 Å². The van der Waals surface area contributed by atoms with Crippen molar-refractivity contribution in [3.63, 3.8) is 0 Å². The van der Waals surface area contributed by atoms with Crippen molar-refractivity contribution in [2.24, 2.45) is 5.73 Å². The van der Waals surface area contributed by atoms with E-state index in [9.17, 15) is 15.2 Å². The van der Waals surface area contributed by atoms with Gasteiger partial charge in [0.05, 0.1) is 22.6 Å². The molecule has 19 heavy (non-hydrogen) atoms. The number of benzene rings is 1. The maximum atomic E-state index is 10.9. The van der Waals surface area contributed by atoms with Gasteiger partial charge < -0.3 is 10.8 Å². The lowest BCUT2D eigenvalue weighted by Gasteiger charge is -2.19. The average molecular weight is 309 g/mol. The van der Waals surface area contributed by atoms with E-state index in [0.29, 0.717) is 11.4 Å². The van der Waals surface area contributed by atoms with Crippen LogP contribution in [0.5, 0.6) is 0 Å². The summed E-state index contributed by atoms with van der Waals surface area (Å²) in [6.45, 7) is 2.00. The van der Waals surface area contributed by atoms with E-state index in [1.807, 2.05) is 6.92 Å². The molecular formula is C12H18Cl2N2O3. The van der Waals surface area contributed by atoms with Crippen LogP contribution in [-0.2, 0) is 0 Å². The van der Waals surface area contributed by atoms with E-state index in [1.54, 1.807) is 0 Å². The van der Waals surface area contributed by atoms with Gasteiger partial charge in [0.25, 0.3) is 5.69 Å². The number of nitrogens with two attached hydrogens (primary N) is 1. The number of nitro groups is 1. The summed E-state index contributed by atoms with van der Waals surface area (Å²) in [5.74, 6) is 0. The zero-order chi connectivity index (χ0) is 13.7. The second-order valence-corrected chi connectivity index (χ2v) is 4.63. The van der Waals surface area contributed by atoms with Crippen LogP contribution in [0, 0.1) is 10.1 Å². The highest BCUT2D eigenvalue weighted by molar-refractivity contribution is 6.30. The van der Waals surface area contributed by atoms with E-state index >= 15 is 0 Å². The summed E-state index contributed by atoms with van der Waals surface area (Å²) in [6.07, 6.45) is 1.47. The molecule has 1 rings (SSSR count). The molecule has 0 aliphatic heterocycles. The summed E-state index contributed by atoms with van der Waals surface area (Å²) in [4.78, 5) is 10.4. The minimum absolute atomic E-state index is 0. The van der Waals surface area contributed by atoms with Gasteiger partial charge in [-0.15, -0.1) is 12.4 Å². The molecule has 108 valence electrons. The minimum Gasteiger partial charge on any atom is -0.391 e. The number of nitrogens with zero attached hydrogens (tertiary/aromatic N) is 1. The Hall–Kier alpha value is -0.880. The molecule has 0 heterocycles. The molecule has 3 N–H and O–H groups in total. The van der Waals surface area contributed by atoms with Gasteiger partial charge in [-0.05, 0) is 18.6 Å². The van der Waals surface area contributed by atoms with Gasteiger partial charge in [-0.25, -0.2) is 0 Å². The molecule has 0 bridgehead atoms. The lowest BCUT2D eigenvalue weighted by atomic mass is 9.97. The fraction of sp³-hybridized carbons (Fsp3) is 0.500. The molecule has 2 atom stereocenters. The summed E-state index contributed by atoms with van der Waals surface area (Å²) in [5, 5.41) is 21.2. The number of unbranched alkanes of at least 4 members (excludes halogenated alkanes) is 1. The van der Waals surface area contributed by atoms with Crippen molar-refractivity contribution in [3.05, 3.63) is 38.9 Å². The predicted molar refractivity (Wildman–Crippen MR) is 77.8 cm³/mol. The zero-order valence-electron chi connectivity index (χ0n) is 10.6. The highest BCUT2D eigenvalue weighted by atomic mass is 35.5. The largest absolute Gasteiger partial charge is 0.391 e. The fourth-order valence-electron chi connectivity index (χ4n) is 1.76. The van der Waals surface area contributed by atoms with Crippen LogP contribution in [0.25, 0.3) is 0 Å². The first-order chi connectivity index (χ1) is 8.47. The monoisotopic (exact) mass is 308 g/mol. The fourth-order valence-corrected chi connectivity index (χ4v) is 1.94. The lowest BCUT2D eigenvalue weighted by Crippen LogP contribution is -2.26. The second-order valence-electron chi connectivity index (χ2n) is 4.20. The number of nitro benzene ring substituents is 1. The van der Waals surface area contributed by atoms with Crippen LogP contribution < -0.4 is 5.73 Å². The molecule has 0 saturated carbocycles. The Morgan fingerprint density at radius 1 is 1.53 bits per heavy atom. The number of aliphatic hydroxyl groups is 1. The van der Waals surface area contributed by atoms with Crippen LogP contribution in [0.4, 0.5) is 5.69 Å². The normalized spacial score (nSPS) is 13.5. The van der Waals surface area contributed by atoms with Crippen molar-refractivity contribution in [2.45, 2.75) is 38.3 Å². The first kappa shape index (κ1) is 18.1. The topological polar surface area (TPSA) is 89.4 Å². The van der Waals surface area contributed by atoms with E-state index in [2.05, 4.69) is 0 Å². The van der Waals surface area contributed by atoms with Crippen LogP contribution in [0.1, 0.15) is 37.8 Å². The van der Waals surface area contributed by atoms with Gasteiger partial charge in [-0.2, -0.15) is 0 Å². The van der Waals surface area contributed by atoms with E-state index in [1.165, 1.54) is 18.2 Å². The molecule has 1 aromatic carbocycles. The molecule has 7 heteroatoms. The predicted octanol–water partition coefficient (Wildman–Crippen LogP) is 3.22. The zero-order valence-corrected chi connectivity index (χ0v) is 12.2. The lowest BCUT2D eigenvalue weighted by molar-refractivity contribution is -0.385. The number of aliphatic hydroxyl groups excluding tert-OH is 1. The van der Waals surface area contributed by atoms with Crippen LogP contribution in [0.3, 0.4) is 0 Å². The number of halogens is 2. The Morgan fingerprint density at radius 3 is 2.68 bits per heavy atom. The van der Waals surface area contributed by atoms with Crippen LogP contribution >= 0.6 is 24.0 Å². The first-order valence-electron chi connectivity index (χ1n) is 5.84. The summed E-state index contributed by atoms with van der Waals surface area (Å²) < 4.78 is 0. The van der Waals surface area contributed by atoms with Crippen LogP contribution in [-0.4, -0.2) is 16.1 Å². The van der Waals surface area contributed by atoms with E-state index in [4.69, 9.17) is 17.3 Å². The third-order valence-corrected chi connectivity index (χ3v) is 3.05. The number of hydrogen-bond donors (Lipinski definition) is 2. The Bertz CT molecular complexity index is 429. The molecule has 0 unspecified atom stereocenters. The molecule has 0 aromatic heterocycles. The highest BCUT2D eigenvalue weighted by Gasteiger charge is 2.24. The third-order valence-electron chi connectivity index (χ3n) is 2.81. The molecule has 0 aliphatic carbocycles. The molecule has 0 fully saturated rings. The molecule has 1 aromatic rings. The SMILES string of the molecule is CCCC[C@@H](O)[C@@H](N)c1cc(Cl)ccc1[N+](=O)[O-].Cl. The quantitative estimate of drug-likeness (QED) is 0.623. The molecule has 0 amide bonds. The van der Waals surface area contributed by atoms with Crippen molar-refractivity contribution in [3.8, 4) is 0 Å². The van der Waals surface area contributed by atoms with Crippen molar-refractivity contribution < 1.29 is 10.0 Å². The molecule has 5 nitrogen and oxygen atoms in total. The molecular weight excluding hydrogens is 291 g/mol. The van der Waals surface area contributed by atoms with Gasteiger partial charge in [-0.1, -0.05) is 31.4 Å². The van der Waals surface area contributed by atoms with Gasteiger partial charge in [0, 0.05) is 11.1 Å². The van der Waals surface area contributed by atoms with Crippen molar-refractivity contribution in [2.75, 3.05) is 0 Å². The van der Waals surface area contributed by atoms with Crippen molar-refractivity contribution in [1.29, 1.82) is 0 Å². The molecule has 0 saturated heterocycles.